The van der Waals surface area contributed by atoms with Gasteiger partial charge in [0.25, 0.3) is 0 Å². The number of carbonyl (C=O) groups is 1. The standard InChI is InChI=1S/C17H13F3N2O/c18-17(19,20)14-6-8-15(9-7-14)22-16(23)10-5-12-1-3-13(11-21)4-2-12/h1-4,6-9H,5,10H2,(H,22,23). The molecule has 23 heavy (non-hydrogen) atoms. The third-order valence-corrected chi connectivity index (χ3v) is 3.22. The van der Waals surface area contributed by atoms with Crippen LogP contribution < -0.4 is 5.32 Å². The summed E-state index contributed by atoms with van der Waals surface area (Å²) in [5.41, 5.74) is 1.02. The molecule has 0 spiro atoms. The summed E-state index contributed by atoms with van der Waals surface area (Å²) in [4.78, 5) is 11.8. The third kappa shape index (κ3) is 4.85. The number of aryl methyl sites for hydroxylation is 1. The number of carbonyl (C=O) groups excluding carboxylic acids is 1. The van der Waals surface area contributed by atoms with Crippen molar-refractivity contribution in [2.24, 2.45) is 0 Å². The molecule has 0 radical (unpaired) electrons. The Labute approximate surface area is 131 Å². The van der Waals surface area contributed by atoms with Gasteiger partial charge in [-0.15, -0.1) is 0 Å². The second kappa shape index (κ2) is 6.97. The number of nitrogens with one attached hydrogen (secondary N) is 1. The molecule has 2 rings (SSSR count). The molecule has 6 heteroatoms. The molecule has 0 unspecified atom stereocenters. The zero-order valence-corrected chi connectivity index (χ0v) is 12.0. The maximum atomic E-state index is 12.4. The van der Waals surface area contributed by atoms with Gasteiger partial charge in [-0.25, -0.2) is 0 Å². The SMILES string of the molecule is N#Cc1ccc(CCC(=O)Nc2ccc(C(F)(F)F)cc2)cc1. The summed E-state index contributed by atoms with van der Waals surface area (Å²) in [5, 5.41) is 11.3. The van der Waals surface area contributed by atoms with Crippen molar-refractivity contribution in [2.75, 3.05) is 5.32 Å². The lowest BCUT2D eigenvalue weighted by molar-refractivity contribution is -0.137. The largest absolute Gasteiger partial charge is 0.416 e. The van der Waals surface area contributed by atoms with Crippen LogP contribution in [0.1, 0.15) is 23.1 Å². The van der Waals surface area contributed by atoms with Gasteiger partial charge < -0.3 is 5.32 Å². The highest BCUT2D eigenvalue weighted by molar-refractivity contribution is 5.90. The average molecular weight is 318 g/mol. The Kier molecular flexibility index (Phi) is 5.02. The molecule has 0 aliphatic rings. The molecule has 2 aromatic rings. The number of nitrogens with zero attached hydrogens (tertiary/aromatic N) is 1. The molecular formula is C17H13F3N2O. The van der Waals surface area contributed by atoms with Crippen LogP contribution in [0.25, 0.3) is 0 Å². The number of nitriles is 1. The molecule has 0 saturated carbocycles. The normalized spacial score (nSPS) is 10.9. The van der Waals surface area contributed by atoms with Crippen LogP contribution in [0.2, 0.25) is 0 Å². The minimum absolute atomic E-state index is 0.201. The number of hydrogen-bond donors (Lipinski definition) is 1. The Hall–Kier alpha value is -2.81. The minimum Gasteiger partial charge on any atom is -0.326 e. The number of benzene rings is 2. The van der Waals surface area contributed by atoms with Gasteiger partial charge in [0.2, 0.25) is 5.91 Å². The first-order valence-electron chi connectivity index (χ1n) is 6.84. The fraction of sp³-hybridized carbons (Fsp3) is 0.176. The Morgan fingerprint density at radius 1 is 1.04 bits per heavy atom. The second-order valence-corrected chi connectivity index (χ2v) is 4.93. The van der Waals surface area contributed by atoms with E-state index in [0.29, 0.717) is 17.7 Å². The molecular weight excluding hydrogens is 305 g/mol. The molecule has 0 aliphatic heterocycles. The van der Waals surface area contributed by atoms with Gasteiger partial charge in [0.1, 0.15) is 0 Å². The van der Waals surface area contributed by atoms with Crippen molar-refractivity contribution in [3.05, 3.63) is 65.2 Å². The smallest absolute Gasteiger partial charge is 0.326 e. The summed E-state index contributed by atoms with van der Waals surface area (Å²) >= 11 is 0. The monoisotopic (exact) mass is 318 g/mol. The van der Waals surface area contributed by atoms with Crippen molar-refractivity contribution in [3.63, 3.8) is 0 Å². The van der Waals surface area contributed by atoms with E-state index < -0.39 is 11.7 Å². The van der Waals surface area contributed by atoms with E-state index in [4.69, 9.17) is 5.26 Å². The van der Waals surface area contributed by atoms with Crippen LogP contribution in [0.4, 0.5) is 18.9 Å². The molecule has 118 valence electrons. The molecule has 1 amide bonds. The van der Waals surface area contributed by atoms with Gasteiger partial charge in [-0.3, -0.25) is 4.79 Å². The fourth-order valence-corrected chi connectivity index (χ4v) is 1.97. The highest BCUT2D eigenvalue weighted by atomic mass is 19.4. The summed E-state index contributed by atoms with van der Waals surface area (Å²) < 4.78 is 37.3. The molecule has 0 bridgehead atoms. The molecule has 3 nitrogen and oxygen atoms in total. The number of hydrogen-bond acceptors (Lipinski definition) is 2. The Morgan fingerprint density at radius 3 is 2.17 bits per heavy atom. The van der Waals surface area contributed by atoms with Crippen molar-refractivity contribution in [1.82, 2.24) is 0 Å². The van der Waals surface area contributed by atoms with Crippen LogP contribution in [-0.4, -0.2) is 5.91 Å². The number of anilines is 1. The first-order chi connectivity index (χ1) is 10.9. The number of halogens is 3. The quantitative estimate of drug-likeness (QED) is 0.921. The summed E-state index contributed by atoms with van der Waals surface area (Å²) in [6.07, 6.45) is -3.71. The molecule has 0 aliphatic carbocycles. The van der Waals surface area contributed by atoms with Crippen molar-refractivity contribution in [1.29, 1.82) is 5.26 Å². The third-order valence-electron chi connectivity index (χ3n) is 3.22. The predicted octanol–water partition coefficient (Wildman–Crippen LogP) is 4.15. The van der Waals surface area contributed by atoms with Crippen LogP contribution in [0, 0.1) is 11.3 Å². The zero-order chi connectivity index (χ0) is 16.9. The van der Waals surface area contributed by atoms with Gasteiger partial charge in [-0.1, -0.05) is 12.1 Å². The highest BCUT2D eigenvalue weighted by Crippen LogP contribution is 2.29. The van der Waals surface area contributed by atoms with Crippen LogP contribution in [0.3, 0.4) is 0 Å². The van der Waals surface area contributed by atoms with E-state index in [1.165, 1.54) is 12.1 Å². The Morgan fingerprint density at radius 2 is 1.65 bits per heavy atom. The first-order valence-corrected chi connectivity index (χ1v) is 6.84. The van der Waals surface area contributed by atoms with E-state index in [0.717, 1.165) is 17.7 Å². The van der Waals surface area contributed by atoms with Gasteiger partial charge in [0.15, 0.2) is 0 Å². The van der Waals surface area contributed by atoms with Crippen molar-refractivity contribution in [2.45, 2.75) is 19.0 Å². The first kappa shape index (κ1) is 16.6. The van der Waals surface area contributed by atoms with Gasteiger partial charge in [0.05, 0.1) is 17.2 Å². The van der Waals surface area contributed by atoms with E-state index in [-0.39, 0.29) is 12.3 Å². The molecule has 0 fully saturated rings. The summed E-state index contributed by atoms with van der Waals surface area (Å²) in [6.45, 7) is 0. The predicted molar refractivity (Wildman–Crippen MR) is 79.6 cm³/mol. The highest BCUT2D eigenvalue weighted by Gasteiger charge is 2.29. The van der Waals surface area contributed by atoms with E-state index in [2.05, 4.69) is 5.32 Å². The molecule has 0 heterocycles. The number of rotatable bonds is 4. The average Bonchev–Trinajstić information content (AvgIpc) is 2.53. The van der Waals surface area contributed by atoms with Gasteiger partial charge in [-0.05, 0) is 48.4 Å². The molecule has 2 aromatic carbocycles. The maximum Gasteiger partial charge on any atom is 0.416 e. The van der Waals surface area contributed by atoms with Gasteiger partial charge in [-0.2, -0.15) is 18.4 Å². The Balaban J connectivity index is 1.88. The van der Waals surface area contributed by atoms with E-state index in [1.807, 2.05) is 6.07 Å². The van der Waals surface area contributed by atoms with Gasteiger partial charge >= 0.3 is 6.18 Å². The zero-order valence-electron chi connectivity index (χ0n) is 12.0. The lowest BCUT2D eigenvalue weighted by Gasteiger charge is -2.09. The minimum atomic E-state index is -4.39. The van der Waals surface area contributed by atoms with Crippen LogP contribution >= 0.6 is 0 Å². The maximum absolute atomic E-state index is 12.4. The topological polar surface area (TPSA) is 52.9 Å². The Bertz CT molecular complexity index is 713. The van der Waals surface area contributed by atoms with Crippen molar-refractivity contribution >= 4 is 11.6 Å². The van der Waals surface area contributed by atoms with Crippen LogP contribution in [0.5, 0.6) is 0 Å². The molecule has 0 atom stereocenters. The van der Waals surface area contributed by atoms with Crippen molar-refractivity contribution < 1.29 is 18.0 Å². The number of alkyl halides is 3. The molecule has 0 aromatic heterocycles. The van der Waals surface area contributed by atoms with E-state index >= 15 is 0 Å². The fourth-order valence-electron chi connectivity index (χ4n) is 1.97. The molecule has 0 saturated heterocycles. The van der Waals surface area contributed by atoms with Gasteiger partial charge in [0, 0.05) is 12.1 Å². The summed E-state index contributed by atoms with van der Waals surface area (Å²) in [7, 11) is 0. The summed E-state index contributed by atoms with van der Waals surface area (Å²) in [5.74, 6) is -0.283. The van der Waals surface area contributed by atoms with Crippen LogP contribution in [-0.2, 0) is 17.4 Å². The lowest BCUT2D eigenvalue weighted by Crippen LogP contribution is -2.12. The molecule has 1 N–H and O–H groups in total. The van der Waals surface area contributed by atoms with E-state index in [9.17, 15) is 18.0 Å². The number of amides is 1. The van der Waals surface area contributed by atoms with Crippen molar-refractivity contribution in [3.8, 4) is 6.07 Å². The lowest BCUT2D eigenvalue weighted by atomic mass is 10.1. The summed E-state index contributed by atoms with van der Waals surface area (Å²) in [6, 6.07) is 13.2. The van der Waals surface area contributed by atoms with Crippen LogP contribution in [0.15, 0.2) is 48.5 Å². The van der Waals surface area contributed by atoms with E-state index in [1.54, 1.807) is 24.3 Å². The second-order valence-electron chi connectivity index (χ2n) is 4.93.